The zero-order valence-electron chi connectivity index (χ0n) is 15.1. The predicted molar refractivity (Wildman–Crippen MR) is 95.3 cm³/mol. The molecule has 3 aliphatic rings. The topological polar surface area (TPSA) is 53.1 Å². The Labute approximate surface area is 149 Å². The van der Waals surface area contributed by atoms with Gasteiger partial charge in [0.1, 0.15) is 18.9 Å². The molecule has 1 aromatic carbocycles. The summed E-state index contributed by atoms with van der Waals surface area (Å²) in [6.45, 7) is 3.18. The fraction of sp³-hybridized carbons (Fsp3) is 0.579. The van der Waals surface area contributed by atoms with Gasteiger partial charge in [0.05, 0.1) is 5.92 Å². The molecule has 6 heteroatoms. The number of benzene rings is 1. The molecule has 2 bridgehead atoms. The predicted octanol–water partition coefficient (Wildman–Crippen LogP) is 1.08. The molecule has 136 valence electrons. The molecule has 25 heavy (non-hydrogen) atoms. The Morgan fingerprint density at radius 1 is 1.20 bits per heavy atom. The molecule has 0 spiro atoms. The van der Waals surface area contributed by atoms with Crippen LogP contribution in [0, 0.1) is 5.92 Å². The first-order chi connectivity index (χ1) is 12.0. The minimum Gasteiger partial charge on any atom is -0.492 e. The van der Waals surface area contributed by atoms with Crippen LogP contribution in [0.5, 0.6) is 5.75 Å². The lowest BCUT2D eigenvalue weighted by molar-refractivity contribution is -0.145. The number of likely N-dealkylation sites (N-methyl/N-ethyl adjacent to an activating group) is 1. The van der Waals surface area contributed by atoms with E-state index in [0.717, 1.165) is 38.2 Å². The molecule has 0 aliphatic carbocycles. The highest BCUT2D eigenvalue weighted by Crippen LogP contribution is 2.29. The number of para-hydroxylation sites is 1. The van der Waals surface area contributed by atoms with Gasteiger partial charge in [0, 0.05) is 39.8 Å². The second-order valence-corrected chi connectivity index (χ2v) is 7.10. The Bertz CT molecular complexity index is 605. The smallest absolute Gasteiger partial charge is 0.241 e. The van der Waals surface area contributed by atoms with Crippen LogP contribution in [-0.2, 0) is 9.59 Å². The molecule has 3 saturated heterocycles. The van der Waals surface area contributed by atoms with Crippen molar-refractivity contribution in [2.75, 3.05) is 46.9 Å². The zero-order valence-corrected chi connectivity index (χ0v) is 15.1. The number of carbonyl (C=O) groups excluding carboxylic acids is 2. The molecule has 3 fully saturated rings. The molecule has 3 aliphatic heterocycles. The van der Waals surface area contributed by atoms with Gasteiger partial charge in [-0.05, 0) is 25.0 Å². The van der Waals surface area contributed by atoms with Crippen molar-refractivity contribution < 1.29 is 14.3 Å². The van der Waals surface area contributed by atoms with Gasteiger partial charge in [0.2, 0.25) is 11.8 Å². The van der Waals surface area contributed by atoms with Crippen molar-refractivity contribution >= 4 is 11.8 Å². The Kier molecular flexibility index (Phi) is 5.58. The summed E-state index contributed by atoms with van der Waals surface area (Å²) in [7, 11) is 3.46. The summed E-state index contributed by atoms with van der Waals surface area (Å²) >= 11 is 0. The van der Waals surface area contributed by atoms with Crippen molar-refractivity contribution in [3.8, 4) is 5.75 Å². The van der Waals surface area contributed by atoms with Gasteiger partial charge in [-0.2, -0.15) is 0 Å². The van der Waals surface area contributed by atoms with E-state index in [2.05, 4.69) is 4.90 Å². The zero-order chi connectivity index (χ0) is 17.8. The van der Waals surface area contributed by atoms with Crippen molar-refractivity contribution in [1.82, 2.24) is 14.7 Å². The van der Waals surface area contributed by atoms with Gasteiger partial charge >= 0.3 is 0 Å². The first-order valence-electron chi connectivity index (χ1n) is 8.95. The third kappa shape index (κ3) is 4.31. The maximum absolute atomic E-state index is 12.7. The standard InChI is InChI=1S/C19H27N3O3/c1-20(2)18(23)14-22-16-9-8-15(19(22)24)12-21(13-16)10-11-25-17-6-4-3-5-7-17/h3-7,15-16H,8-14H2,1-2H3/t15-,16+/m0/s1. The Balaban J connectivity index is 1.57. The maximum Gasteiger partial charge on any atom is 0.241 e. The largest absolute Gasteiger partial charge is 0.492 e. The summed E-state index contributed by atoms with van der Waals surface area (Å²) in [6.07, 6.45) is 1.90. The monoisotopic (exact) mass is 345 g/mol. The third-order valence-corrected chi connectivity index (χ3v) is 5.09. The first-order valence-corrected chi connectivity index (χ1v) is 8.95. The van der Waals surface area contributed by atoms with Crippen LogP contribution in [0.4, 0.5) is 0 Å². The lowest BCUT2D eigenvalue weighted by atomic mass is 9.94. The van der Waals surface area contributed by atoms with Gasteiger partial charge in [0.25, 0.3) is 0 Å². The Morgan fingerprint density at radius 2 is 1.96 bits per heavy atom. The number of amides is 2. The van der Waals surface area contributed by atoms with E-state index in [9.17, 15) is 9.59 Å². The van der Waals surface area contributed by atoms with Crippen molar-refractivity contribution in [2.24, 2.45) is 5.92 Å². The summed E-state index contributed by atoms with van der Waals surface area (Å²) in [4.78, 5) is 30.4. The van der Waals surface area contributed by atoms with Crippen molar-refractivity contribution in [3.05, 3.63) is 30.3 Å². The van der Waals surface area contributed by atoms with E-state index in [4.69, 9.17) is 4.74 Å². The average Bonchev–Trinajstić information content (AvgIpc) is 2.88. The van der Waals surface area contributed by atoms with E-state index in [0.29, 0.717) is 6.61 Å². The average molecular weight is 345 g/mol. The number of rotatable bonds is 6. The van der Waals surface area contributed by atoms with Crippen LogP contribution in [0.1, 0.15) is 12.8 Å². The molecule has 0 saturated carbocycles. The minimum absolute atomic E-state index is 0.00503. The van der Waals surface area contributed by atoms with Crippen molar-refractivity contribution in [1.29, 1.82) is 0 Å². The number of hydrogen-bond acceptors (Lipinski definition) is 4. The number of fused-ring (bicyclic) bond motifs is 4. The highest BCUT2D eigenvalue weighted by atomic mass is 16.5. The van der Waals surface area contributed by atoms with Crippen LogP contribution in [0.3, 0.4) is 0 Å². The molecule has 0 unspecified atom stereocenters. The van der Waals surface area contributed by atoms with Gasteiger partial charge in [-0.1, -0.05) is 18.2 Å². The van der Waals surface area contributed by atoms with Gasteiger partial charge in [-0.25, -0.2) is 0 Å². The number of nitrogens with zero attached hydrogens (tertiary/aromatic N) is 3. The molecule has 6 nitrogen and oxygen atoms in total. The number of piperidine rings is 1. The van der Waals surface area contributed by atoms with E-state index < -0.39 is 0 Å². The molecule has 2 atom stereocenters. The van der Waals surface area contributed by atoms with E-state index in [1.807, 2.05) is 30.3 Å². The molecule has 3 heterocycles. The quantitative estimate of drug-likeness (QED) is 0.774. The summed E-state index contributed by atoms with van der Waals surface area (Å²) in [6, 6.07) is 9.91. The van der Waals surface area contributed by atoms with E-state index in [1.54, 1.807) is 23.9 Å². The molecule has 1 aromatic rings. The van der Waals surface area contributed by atoms with Crippen LogP contribution in [0.15, 0.2) is 30.3 Å². The second-order valence-electron chi connectivity index (χ2n) is 7.10. The molecule has 2 amide bonds. The summed E-state index contributed by atoms with van der Waals surface area (Å²) in [5.41, 5.74) is 0. The lowest BCUT2D eigenvalue weighted by Gasteiger charge is -2.36. The minimum atomic E-state index is -0.0140. The van der Waals surface area contributed by atoms with Gasteiger partial charge < -0.3 is 14.5 Å². The Morgan fingerprint density at radius 3 is 2.68 bits per heavy atom. The van der Waals surface area contributed by atoms with E-state index in [-0.39, 0.29) is 30.3 Å². The number of ether oxygens (including phenoxy) is 1. The SMILES string of the molecule is CN(C)C(=O)CN1C(=O)[C@H]2CC[C@@H]1CN(CCOc1ccccc1)C2. The third-order valence-electron chi connectivity index (χ3n) is 5.09. The fourth-order valence-corrected chi connectivity index (χ4v) is 3.62. The van der Waals surface area contributed by atoms with Crippen LogP contribution >= 0.6 is 0 Å². The molecule has 0 N–H and O–H groups in total. The molecular weight excluding hydrogens is 318 g/mol. The van der Waals surface area contributed by atoms with Gasteiger partial charge in [-0.15, -0.1) is 0 Å². The Hall–Kier alpha value is -2.08. The first kappa shape index (κ1) is 17.7. The highest BCUT2D eigenvalue weighted by Gasteiger charge is 2.41. The van der Waals surface area contributed by atoms with Crippen LogP contribution in [-0.4, -0.2) is 79.4 Å². The van der Waals surface area contributed by atoms with Crippen LogP contribution in [0.2, 0.25) is 0 Å². The molecule has 0 radical (unpaired) electrons. The van der Waals surface area contributed by atoms with Gasteiger partial charge in [-0.3, -0.25) is 14.5 Å². The van der Waals surface area contributed by atoms with Crippen LogP contribution in [0.25, 0.3) is 0 Å². The van der Waals surface area contributed by atoms with Crippen molar-refractivity contribution in [3.63, 3.8) is 0 Å². The van der Waals surface area contributed by atoms with Gasteiger partial charge in [0.15, 0.2) is 0 Å². The van der Waals surface area contributed by atoms with Crippen molar-refractivity contribution in [2.45, 2.75) is 18.9 Å². The van der Waals surface area contributed by atoms with E-state index in [1.165, 1.54) is 0 Å². The van der Waals surface area contributed by atoms with Crippen LogP contribution < -0.4 is 4.74 Å². The summed E-state index contributed by atoms with van der Waals surface area (Å²) in [5, 5.41) is 0. The number of hydrogen-bond donors (Lipinski definition) is 0. The molecule has 0 aromatic heterocycles. The summed E-state index contributed by atoms with van der Waals surface area (Å²) < 4.78 is 5.79. The number of carbonyl (C=O) groups is 2. The van der Waals surface area contributed by atoms with E-state index >= 15 is 0 Å². The fourth-order valence-electron chi connectivity index (χ4n) is 3.62. The highest BCUT2D eigenvalue weighted by molar-refractivity contribution is 5.86. The second kappa shape index (κ2) is 7.87. The summed E-state index contributed by atoms with van der Waals surface area (Å²) in [5.74, 6) is 0.998. The maximum atomic E-state index is 12.7. The molecule has 4 rings (SSSR count). The molecular formula is C19H27N3O3. The normalized spacial score (nSPS) is 23.4. The lowest BCUT2D eigenvalue weighted by Crippen LogP contribution is -2.51.